The van der Waals surface area contributed by atoms with Crippen LogP contribution in [0.15, 0.2) is 18.2 Å². The molecule has 212 valence electrons. The van der Waals surface area contributed by atoms with Crippen molar-refractivity contribution in [2.24, 2.45) is 5.92 Å². The van der Waals surface area contributed by atoms with E-state index in [1.165, 1.54) is 12.0 Å². The van der Waals surface area contributed by atoms with E-state index in [-0.39, 0.29) is 36.9 Å². The summed E-state index contributed by atoms with van der Waals surface area (Å²) in [6.07, 6.45) is 9.43. The van der Waals surface area contributed by atoms with Gasteiger partial charge in [-0.05, 0) is 69.0 Å². The quantitative estimate of drug-likeness (QED) is 0.488. The Morgan fingerprint density at radius 2 is 1.84 bits per heavy atom. The molecule has 38 heavy (non-hydrogen) atoms. The molecule has 1 aromatic rings. The maximum absolute atomic E-state index is 13.8. The predicted octanol–water partition coefficient (Wildman–Crippen LogP) is 3.67. The number of amides is 2. The van der Waals surface area contributed by atoms with Crippen LogP contribution in [-0.4, -0.2) is 77.4 Å². The number of likely N-dealkylation sites (tertiary alicyclic amines) is 1. The molecule has 8 nitrogen and oxygen atoms in total. The molecule has 0 aromatic heterocycles. The molecule has 3 aliphatic heterocycles. The van der Waals surface area contributed by atoms with E-state index >= 15 is 0 Å². The van der Waals surface area contributed by atoms with Gasteiger partial charge in [-0.15, -0.1) is 12.4 Å². The Morgan fingerprint density at radius 1 is 1.08 bits per heavy atom. The number of fused-ring (bicyclic) bond motifs is 1. The van der Waals surface area contributed by atoms with Gasteiger partial charge in [-0.1, -0.05) is 44.7 Å². The Labute approximate surface area is 232 Å². The first kappa shape index (κ1) is 29.0. The average molecular weight is 550 g/mol. The van der Waals surface area contributed by atoms with E-state index in [4.69, 9.17) is 9.47 Å². The monoisotopic (exact) mass is 549 g/mol. The maximum Gasteiger partial charge on any atom is 0.248 e. The zero-order chi connectivity index (χ0) is 25.8. The summed E-state index contributed by atoms with van der Waals surface area (Å²) in [6, 6.07) is 5.24. The van der Waals surface area contributed by atoms with E-state index in [0.29, 0.717) is 19.4 Å². The number of piperazine rings is 1. The number of aryl methyl sites for hydroxylation is 1. The van der Waals surface area contributed by atoms with Gasteiger partial charge >= 0.3 is 0 Å². The number of carbonyl (C=O) groups excluding carboxylic acids is 2. The molecule has 4 aliphatic rings. The minimum absolute atomic E-state index is 0. The van der Waals surface area contributed by atoms with Crippen molar-refractivity contribution >= 4 is 24.2 Å². The number of hydrogen-bond donors (Lipinski definition) is 2. The van der Waals surface area contributed by atoms with Gasteiger partial charge in [0.1, 0.15) is 11.6 Å². The van der Waals surface area contributed by atoms with Crippen molar-refractivity contribution < 1.29 is 24.2 Å². The highest BCUT2D eigenvalue weighted by Gasteiger charge is 2.55. The van der Waals surface area contributed by atoms with Crippen LogP contribution in [0.3, 0.4) is 0 Å². The molecule has 0 radical (unpaired) electrons. The molecule has 2 N–H and O–H groups in total. The minimum atomic E-state index is -0.810. The van der Waals surface area contributed by atoms with Gasteiger partial charge in [0.05, 0.1) is 6.10 Å². The number of unbranched alkanes of at least 4 members (excludes halogenated alkanes) is 1. The van der Waals surface area contributed by atoms with Crippen LogP contribution in [0.5, 0.6) is 11.5 Å². The van der Waals surface area contributed by atoms with Gasteiger partial charge in [-0.3, -0.25) is 9.59 Å². The molecule has 1 spiro atoms. The van der Waals surface area contributed by atoms with Crippen molar-refractivity contribution in [2.75, 3.05) is 33.0 Å². The Balaban J connectivity index is 0.00000336. The molecule has 3 heterocycles. The normalized spacial score (nSPS) is 24.3. The lowest BCUT2D eigenvalue weighted by Crippen LogP contribution is -2.75. The Kier molecular flexibility index (Phi) is 9.82. The van der Waals surface area contributed by atoms with Gasteiger partial charge in [-0.25, -0.2) is 0 Å². The predicted molar refractivity (Wildman–Crippen MR) is 148 cm³/mol. The fourth-order valence-electron chi connectivity index (χ4n) is 6.78. The number of piperidine rings is 1. The smallest absolute Gasteiger partial charge is 0.248 e. The van der Waals surface area contributed by atoms with Crippen LogP contribution in [0.25, 0.3) is 0 Å². The Bertz CT molecular complexity index is 962. The van der Waals surface area contributed by atoms with Gasteiger partial charge < -0.3 is 29.7 Å². The minimum Gasteiger partial charge on any atom is -0.454 e. The molecule has 2 saturated heterocycles. The highest BCUT2D eigenvalue weighted by atomic mass is 35.5. The average Bonchev–Trinajstić information content (AvgIpc) is 3.42. The third-order valence-electron chi connectivity index (χ3n) is 9.05. The van der Waals surface area contributed by atoms with Crippen molar-refractivity contribution in [3.8, 4) is 11.5 Å². The van der Waals surface area contributed by atoms with Crippen LogP contribution in [0.1, 0.15) is 76.7 Å². The standard InChI is InChI=1S/C29H43N3O5.ClH/c1-2-3-17-32-27(34)24(25(33)21-9-5-4-6-10-21)30-28(35)29(32)14-18-31(19-15-29)16-8-12-22-11-7-13-23-26(22)37-20-36-23;/h7,11,13,21,24-25,33H,2-6,8-10,12,14-20H2,1H3,(H,30,35);1H/t24-,25-;/m1./s1. The summed E-state index contributed by atoms with van der Waals surface area (Å²) in [6.45, 7) is 5.48. The number of aliphatic hydroxyl groups is 1. The number of carbonyl (C=O) groups is 2. The number of aliphatic hydroxyl groups excluding tert-OH is 1. The van der Waals surface area contributed by atoms with Crippen molar-refractivity contribution in [3.05, 3.63) is 23.8 Å². The zero-order valence-corrected chi connectivity index (χ0v) is 23.5. The summed E-state index contributed by atoms with van der Waals surface area (Å²) in [4.78, 5) is 31.7. The highest BCUT2D eigenvalue weighted by molar-refractivity contribution is 6.00. The van der Waals surface area contributed by atoms with Crippen LogP contribution in [0.2, 0.25) is 0 Å². The number of nitrogens with one attached hydrogen (secondary N) is 1. The van der Waals surface area contributed by atoms with Crippen LogP contribution < -0.4 is 14.8 Å². The number of rotatable bonds is 9. The lowest BCUT2D eigenvalue weighted by molar-refractivity contribution is -0.165. The number of nitrogens with zero attached hydrogens (tertiary/aromatic N) is 2. The summed E-state index contributed by atoms with van der Waals surface area (Å²) in [5.41, 5.74) is 0.380. The molecule has 2 atom stereocenters. The highest BCUT2D eigenvalue weighted by Crippen LogP contribution is 2.37. The van der Waals surface area contributed by atoms with E-state index in [1.807, 2.05) is 17.0 Å². The largest absolute Gasteiger partial charge is 0.454 e. The molecular weight excluding hydrogens is 506 g/mol. The van der Waals surface area contributed by atoms with Crippen molar-refractivity contribution in [1.29, 1.82) is 0 Å². The van der Waals surface area contributed by atoms with Crippen molar-refractivity contribution in [3.63, 3.8) is 0 Å². The lowest BCUT2D eigenvalue weighted by Gasteiger charge is -2.52. The van der Waals surface area contributed by atoms with Crippen LogP contribution in [-0.2, 0) is 16.0 Å². The first-order valence-electron chi connectivity index (χ1n) is 14.4. The van der Waals surface area contributed by atoms with Gasteiger partial charge in [-0.2, -0.15) is 0 Å². The van der Waals surface area contributed by atoms with Crippen molar-refractivity contribution in [2.45, 2.75) is 95.2 Å². The fraction of sp³-hybridized carbons (Fsp3) is 0.724. The lowest BCUT2D eigenvalue weighted by atomic mass is 9.78. The zero-order valence-electron chi connectivity index (χ0n) is 22.7. The van der Waals surface area contributed by atoms with Gasteiger partial charge in [0, 0.05) is 19.6 Å². The third kappa shape index (κ3) is 5.77. The van der Waals surface area contributed by atoms with Gasteiger partial charge in [0.15, 0.2) is 11.5 Å². The van der Waals surface area contributed by atoms with E-state index in [1.54, 1.807) is 0 Å². The Morgan fingerprint density at radius 3 is 2.58 bits per heavy atom. The second-order valence-corrected chi connectivity index (χ2v) is 11.3. The molecule has 0 bridgehead atoms. The molecule has 1 saturated carbocycles. The third-order valence-corrected chi connectivity index (χ3v) is 9.05. The number of ether oxygens (including phenoxy) is 2. The molecule has 9 heteroatoms. The number of halogens is 1. The molecule has 2 amide bonds. The van der Waals surface area contributed by atoms with Gasteiger partial charge in [0.25, 0.3) is 0 Å². The molecular formula is C29H44ClN3O5. The van der Waals surface area contributed by atoms with E-state index < -0.39 is 17.7 Å². The molecule has 1 aromatic carbocycles. The summed E-state index contributed by atoms with van der Waals surface area (Å²) in [5.74, 6) is 1.63. The SMILES string of the molecule is CCCCN1C(=O)[C@@H]([C@H](O)C2CCCCC2)NC(=O)C12CCN(CCCc1cccc3c1OCO3)CC2.Cl. The number of para-hydroxylation sites is 1. The van der Waals surface area contributed by atoms with Gasteiger partial charge in [0.2, 0.25) is 18.6 Å². The molecule has 1 aliphatic carbocycles. The number of benzene rings is 1. The summed E-state index contributed by atoms with van der Waals surface area (Å²) >= 11 is 0. The number of hydrogen-bond acceptors (Lipinski definition) is 6. The van der Waals surface area contributed by atoms with Crippen LogP contribution in [0.4, 0.5) is 0 Å². The Hall–Kier alpha value is -2.03. The first-order chi connectivity index (χ1) is 18.0. The van der Waals surface area contributed by atoms with E-state index in [2.05, 4.69) is 23.2 Å². The molecule has 0 unspecified atom stereocenters. The van der Waals surface area contributed by atoms with Crippen LogP contribution in [0, 0.1) is 5.92 Å². The second-order valence-electron chi connectivity index (χ2n) is 11.3. The van der Waals surface area contributed by atoms with Crippen molar-refractivity contribution in [1.82, 2.24) is 15.1 Å². The van der Waals surface area contributed by atoms with E-state index in [9.17, 15) is 14.7 Å². The summed E-state index contributed by atoms with van der Waals surface area (Å²) in [7, 11) is 0. The van der Waals surface area contributed by atoms with Crippen LogP contribution >= 0.6 is 12.4 Å². The maximum atomic E-state index is 13.8. The topological polar surface area (TPSA) is 91.3 Å². The summed E-state index contributed by atoms with van der Waals surface area (Å²) < 4.78 is 11.1. The fourth-order valence-corrected chi connectivity index (χ4v) is 6.78. The molecule has 3 fully saturated rings. The van der Waals surface area contributed by atoms with E-state index in [0.717, 1.165) is 82.5 Å². The second kappa shape index (κ2) is 12.9. The first-order valence-corrected chi connectivity index (χ1v) is 14.4. The molecule has 5 rings (SSSR count). The summed E-state index contributed by atoms with van der Waals surface area (Å²) in [5, 5.41) is 14.1.